The Bertz CT molecular complexity index is 1110. The summed E-state index contributed by atoms with van der Waals surface area (Å²) in [6.45, 7) is 0. The van der Waals surface area contributed by atoms with E-state index in [1.54, 1.807) is 13.3 Å². The quantitative estimate of drug-likeness (QED) is 0.507. The zero-order valence-electron chi connectivity index (χ0n) is 15.4. The number of rotatable bonds is 6. The van der Waals surface area contributed by atoms with E-state index in [1.165, 1.54) is 11.3 Å². The topological polar surface area (TPSA) is 64.1 Å². The lowest BCUT2D eigenvalue weighted by molar-refractivity contribution is -0.116. The molecule has 0 spiro atoms. The van der Waals surface area contributed by atoms with Gasteiger partial charge in [0, 0.05) is 35.1 Å². The van der Waals surface area contributed by atoms with E-state index in [9.17, 15) is 4.79 Å². The number of aryl methyl sites for hydroxylation is 1. The predicted octanol–water partition coefficient (Wildman–Crippen LogP) is 4.94. The molecule has 28 heavy (non-hydrogen) atoms. The highest BCUT2D eigenvalue weighted by Gasteiger charge is 2.09. The number of methoxy groups -OCH3 is 1. The number of carbonyl (C=O) groups excluding carboxylic acids is 1. The summed E-state index contributed by atoms with van der Waals surface area (Å²) in [5, 5.41) is 7.85. The van der Waals surface area contributed by atoms with Gasteiger partial charge in [-0.2, -0.15) is 0 Å². The molecule has 4 aromatic rings. The van der Waals surface area contributed by atoms with Crippen LogP contribution in [0.4, 0.5) is 5.82 Å². The lowest BCUT2D eigenvalue weighted by Gasteiger charge is -2.04. The van der Waals surface area contributed by atoms with Crippen LogP contribution in [0.1, 0.15) is 12.0 Å². The lowest BCUT2D eigenvalue weighted by atomic mass is 10.1. The standard InChI is InChI=1S/C22H19N3O2S/c1-27-19-7-2-15(3-8-19)4-9-21(26)24-20-14-28-22(25-20)17-5-6-18-13-23-11-10-16(18)12-17/h2-3,5-8,10-14H,4,9H2,1H3,(H,24,26). The van der Waals surface area contributed by atoms with E-state index in [-0.39, 0.29) is 5.91 Å². The number of pyridine rings is 1. The van der Waals surface area contributed by atoms with Crippen molar-refractivity contribution >= 4 is 33.8 Å². The molecule has 0 bridgehead atoms. The molecule has 5 nitrogen and oxygen atoms in total. The molecule has 140 valence electrons. The molecule has 0 saturated carbocycles. The van der Waals surface area contributed by atoms with Crippen LogP contribution in [0, 0.1) is 0 Å². The van der Waals surface area contributed by atoms with Crippen LogP contribution in [0.5, 0.6) is 5.75 Å². The van der Waals surface area contributed by atoms with Crippen LogP contribution in [-0.4, -0.2) is 23.0 Å². The summed E-state index contributed by atoms with van der Waals surface area (Å²) >= 11 is 1.52. The maximum absolute atomic E-state index is 12.3. The van der Waals surface area contributed by atoms with Crippen LogP contribution >= 0.6 is 11.3 Å². The Morgan fingerprint density at radius 1 is 1.11 bits per heavy atom. The van der Waals surface area contributed by atoms with Crippen molar-refractivity contribution in [3.8, 4) is 16.3 Å². The minimum Gasteiger partial charge on any atom is -0.497 e. The summed E-state index contributed by atoms with van der Waals surface area (Å²) in [5.41, 5.74) is 2.13. The van der Waals surface area contributed by atoms with Crippen molar-refractivity contribution in [1.29, 1.82) is 0 Å². The van der Waals surface area contributed by atoms with Gasteiger partial charge in [-0.05, 0) is 41.6 Å². The van der Waals surface area contributed by atoms with Gasteiger partial charge in [-0.3, -0.25) is 9.78 Å². The number of carbonyl (C=O) groups is 1. The number of aromatic nitrogens is 2. The van der Waals surface area contributed by atoms with Crippen molar-refractivity contribution in [1.82, 2.24) is 9.97 Å². The zero-order valence-corrected chi connectivity index (χ0v) is 16.2. The molecule has 6 heteroatoms. The summed E-state index contributed by atoms with van der Waals surface area (Å²) in [4.78, 5) is 20.9. The van der Waals surface area contributed by atoms with E-state index in [4.69, 9.17) is 4.74 Å². The Kier molecular flexibility index (Phi) is 5.30. The smallest absolute Gasteiger partial charge is 0.225 e. The first-order valence-corrected chi connectivity index (χ1v) is 9.82. The van der Waals surface area contributed by atoms with Crippen LogP contribution in [0.25, 0.3) is 21.3 Å². The second-order valence-electron chi connectivity index (χ2n) is 6.37. The molecule has 1 amide bonds. The van der Waals surface area contributed by atoms with Crippen molar-refractivity contribution in [2.75, 3.05) is 12.4 Å². The first kappa shape index (κ1) is 18.1. The Labute approximate surface area is 167 Å². The molecule has 0 aliphatic carbocycles. The monoisotopic (exact) mass is 389 g/mol. The molecule has 4 rings (SSSR count). The van der Waals surface area contributed by atoms with Gasteiger partial charge in [0.15, 0.2) is 0 Å². The molecule has 0 aliphatic rings. The second kappa shape index (κ2) is 8.19. The highest BCUT2D eigenvalue weighted by Crippen LogP contribution is 2.28. The van der Waals surface area contributed by atoms with E-state index in [2.05, 4.69) is 21.4 Å². The van der Waals surface area contributed by atoms with Crippen molar-refractivity contribution in [3.63, 3.8) is 0 Å². The molecule has 1 N–H and O–H groups in total. The van der Waals surface area contributed by atoms with Gasteiger partial charge in [0.05, 0.1) is 7.11 Å². The molecule has 0 fully saturated rings. The number of amides is 1. The maximum atomic E-state index is 12.3. The number of hydrogen-bond donors (Lipinski definition) is 1. The number of benzene rings is 2. The third-order valence-corrected chi connectivity index (χ3v) is 5.35. The summed E-state index contributed by atoms with van der Waals surface area (Å²) in [6, 6.07) is 15.9. The molecule has 0 atom stereocenters. The van der Waals surface area contributed by atoms with Crippen molar-refractivity contribution in [3.05, 3.63) is 71.9 Å². The highest BCUT2D eigenvalue weighted by atomic mass is 32.1. The van der Waals surface area contributed by atoms with Crippen LogP contribution in [0.3, 0.4) is 0 Å². The molecule has 2 aromatic heterocycles. The molecule has 2 heterocycles. The maximum Gasteiger partial charge on any atom is 0.225 e. The van der Waals surface area contributed by atoms with Crippen molar-refractivity contribution in [2.24, 2.45) is 0 Å². The minimum atomic E-state index is -0.0442. The largest absolute Gasteiger partial charge is 0.497 e. The lowest BCUT2D eigenvalue weighted by Crippen LogP contribution is -2.12. The Hall–Kier alpha value is -3.25. The number of nitrogens with zero attached hydrogens (tertiary/aromatic N) is 2. The van der Waals surface area contributed by atoms with Crippen LogP contribution < -0.4 is 10.1 Å². The molecule has 0 radical (unpaired) electrons. The number of nitrogens with one attached hydrogen (secondary N) is 1. The summed E-state index contributed by atoms with van der Waals surface area (Å²) in [6.07, 6.45) is 4.70. The predicted molar refractivity (Wildman–Crippen MR) is 113 cm³/mol. The van der Waals surface area contributed by atoms with Gasteiger partial charge < -0.3 is 10.1 Å². The number of anilines is 1. The fourth-order valence-electron chi connectivity index (χ4n) is 2.94. The number of hydrogen-bond acceptors (Lipinski definition) is 5. The average molecular weight is 389 g/mol. The van der Waals surface area contributed by atoms with Gasteiger partial charge in [-0.25, -0.2) is 4.98 Å². The van der Waals surface area contributed by atoms with E-state index in [1.807, 2.05) is 54.0 Å². The van der Waals surface area contributed by atoms with Crippen LogP contribution in [0.2, 0.25) is 0 Å². The minimum absolute atomic E-state index is 0.0442. The fourth-order valence-corrected chi connectivity index (χ4v) is 3.68. The van der Waals surface area contributed by atoms with Gasteiger partial charge in [-0.15, -0.1) is 11.3 Å². The summed E-state index contributed by atoms with van der Waals surface area (Å²) in [5.74, 6) is 1.36. The van der Waals surface area contributed by atoms with E-state index >= 15 is 0 Å². The van der Waals surface area contributed by atoms with Gasteiger partial charge in [0.1, 0.15) is 16.6 Å². The van der Waals surface area contributed by atoms with E-state index in [0.717, 1.165) is 32.7 Å². The molecule has 0 unspecified atom stereocenters. The third-order valence-electron chi connectivity index (χ3n) is 4.46. The van der Waals surface area contributed by atoms with Crippen LogP contribution in [-0.2, 0) is 11.2 Å². The van der Waals surface area contributed by atoms with Gasteiger partial charge in [0.25, 0.3) is 0 Å². The molecular weight excluding hydrogens is 370 g/mol. The average Bonchev–Trinajstić information content (AvgIpc) is 3.20. The van der Waals surface area contributed by atoms with Crippen LogP contribution in [0.15, 0.2) is 66.3 Å². The van der Waals surface area contributed by atoms with Crippen molar-refractivity contribution < 1.29 is 9.53 Å². The molecule has 2 aromatic carbocycles. The first-order valence-electron chi connectivity index (χ1n) is 8.94. The normalized spacial score (nSPS) is 10.8. The Balaban J connectivity index is 1.38. The van der Waals surface area contributed by atoms with Gasteiger partial charge >= 0.3 is 0 Å². The van der Waals surface area contributed by atoms with Crippen molar-refractivity contribution in [2.45, 2.75) is 12.8 Å². The number of thiazole rings is 1. The molecule has 0 aliphatic heterocycles. The number of ether oxygens (including phenoxy) is 1. The SMILES string of the molecule is COc1ccc(CCC(=O)Nc2csc(-c3ccc4cnccc4c3)n2)cc1. The zero-order chi connectivity index (χ0) is 19.3. The molecular formula is C22H19N3O2S. The Morgan fingerprint density at radius 2 is 1.96 bits per heavy atom. The van der Waals surface area contributed by atoms with E-state index < -0.39 is 0 Å². The summed E-state index contributed by atoms with van der Waals surface area (Å²) < 4.78 is 5.15. The number of fused-ring (bicyclic) bond motifs is 1. The third kappa shape index (κ3) is 4.18. The highest BCUT2D eigenvalue weighted by molar-refractivity contribution is 7.13. The van der Waals surface area contributed by atoms with Gasteiger partial charge in [0.2, 0.25) is 5.91 Å². The first-order chi connectivity index (χ1) is 13.7. The molecule has 0 saturated heterocycles. The van der Waals surface area contributed by atoms with E-state index in [0.29, 0.717) is 18.7 Å². The Morgan fingerprint density at radius 3 is 2.79 bits per heavy atom. The second-order valence-corrected chi connectivity index (χ2v) is 7.23. The van der Waals surface area contributed by atoms with Gasteiger partial charge in [-0.1, -0.05) is 24.3 Å². The fraction of sp³-hybridized carbons (Fsp3) is 0.136. The summed E-state index contributed by atoms with van der Waals surface area (Å²) in [7, 11) is 1.64.